The molecule has 1 aliphatic carbocycles. The van der Waals surface area contributed by atoms with Gasteiger partial charge in [0.25, 0.3) is 0 Å². The van der Waals surface area contributed by atoms with Crippen LogP contribution in [0.4, 0.5) is 0 Å². The van der Waals surface area contributed by atoms with Crippen LogP contribution in [0.1, 0.15) is 37.7 Å². The van der Waals surface area contributed by atoms with Gasteiger partial charge in [-0.2, -0.15) is 11.3 Å². The number of hydrogen-bond acceptors (Lipinski definition) is 2. The average Bonchev–Trinajstić information content (AvgIpc) is 2.69. The Balaban J connectivity index is 1.96. The number of hydrogen-bond donors (Lipinski definition) is 1. The van der Waals surface area contributed by atoms with Crippen molar-refractivity contribution in [3.05, 3.63) is 22.4 Å². The molecule has 1 nitrogen and oxygen atoms in total. The quantitative estimate of drug-likeness (QED) is 0.787. The van der Waals surface area contributed by atoms with E-state index in [9.17, 15) is 0 Å². The molecule has 1 aromatic heterocycles. The normalized spacial score (nSPS) is 26.6. The van der Waals surface area contributed by atoms with Gasteiger partial charge in [-0.3, -0.25) is 0 Å². The molecule has 2 heteroatoms. The fourth-order valence-electron chi connectivity index (χ4n) is 2.97. The molecule has 2 atom stereocenters. The molecule has 1 heterocycles. The van der Waals surface area contributed by atoms with Crippen LogP contribution < -0.4 is 5.32 Å². The van der Waals surface area contributed by atoms with Crippen LogP contribution in [0.2, 0.25) is 0 Å². The SMILES string of the molecule is CNCC1CCCCCC1Cc1ccsc1. The molecule has 1 aromatic rings. The van der Waals surface area contributed by atoms with Crippen molar-refractivity contribution in [1.29, 1.82) is 0 Å². The Kier molecular flexibility index (Phi) is 4.86. The van der Waals surface area contributed by atoms with E-state index in [0.717, 1.165) is 11.8 Å². The van der Waals surface area contributed by atoms with Crippen molar-refractivity contribution < 1.29 is 0 Å². The number of nitrogens with one attached hydrogen (secondary N) is 1. The van der Waals surface area contributed by atoms with E-state index in [2.05, 4.69) is 29.2 Å². The second-order valence-corrected chi connectivity index (χ2v) is 5.83. The van der Waals surface area contributed by atoms with Crippen molar-refractivity contribution >= 4 is 11.3 Å². The summed E-state index contributed by atoms with van der Waals surface area (Å²) in [6.45, 7) is 1.20. The van der Waals surface area contributed by atoms with E-state index in [4.69, 9.17) is 0 Å². The molecule has 0 spiro atoms. The van der Waals surface area contributed by atoms with Gasteiger partial charge >= 0.3 is 0 Å². The van der Waals surface area contributed by atoms with Crippen LogP contribution >= 0.6 is 11.3 Å². The average molecular weight is 237 g/mol. The van der Waals surface area contributed by atoms with Crippen LogP contribution in [0, 0.1) is 11.8 Å². The molecule has 1 saturated carbocycles. The van der Waals surface area contributed by atoms with Gasteiger partial charge in [0.15, 0.2) is 0 Å². The zero-order chi connectivity index (χ0) is 11.2. The largest absolute Gasteiger partial charge is 0.319 e. The molecule has 90 valence electrons. The van der Waals surface area contributed by atoms with Gasteiger partial charge < -0.3 is 5.32 Å². The molecule has 0 bridgehead atoms. The van der Waals surface area contributed by atoms with Crippen LogP contribution in [-0.2, 0) is 6.42 Å². The number of rotatable bonds is 4. The lowest BCUT2D eigenvalue weighted by molar-refractivity contribution is 0.304. The number of thiophene rings is 1. The van der Waals surface area contributed by atoms with Gasteiger partial charge in [-0.25, -0.2) is 0 Å². The standard InChI is InChI=1S/C14H23NS/c1-15-10-14-6-4-2-3-5-13(14)9-12-7-8-16-11-12/h7-8,11,13-15H,2-6,9-10H2,1H3. The second kappa shape index (κ2) is 6.41. The highest BCUT2D eigenvalue weighted by Crippen LogP contribution is 2.31. The van der Waals surface area contributed by atoms with Crippen molar-refractivity contribution in [1.82, 2.24) is 5.32 Å². The van der Waals surface area contributed by atoms with E-state index >= 15 is 0 Å². The molecule has 0 saturated heterocycles. The van der Waals surface area contributed by atoms with Crippen LogP contribution in [0.25, 0.3) is 0 Å². The summed E-state index contributed by atoms with van der Waals surface area (Å²) >= 11 is 1.83. The molecule has 1 N–H and O–H groups in total. The molecule has 16 heavy (non-hydrogen) atoms. The minimum atomic E-state index is 0.896. The summed E-state index contributed by atoms with van der Waals surface area (Å²) in [4.78, 5) is 0. The Morgan fingerprint density at radius 3 is 2.75 bits per heavy atom. The molecule has 0 amide bonds. The summed E-state index contributed by atoms with van der Waals surface area (Å²) in [5.74, 6) is 1.80. The third kappa shape index (κ3) is 3.33. The maximum Gasteiger partial charge on any atom is -0.00208 e. The molecule has 0 radical (unpaired) electrons. The van der Waals surface area contributed by atoms with Gasteiger partial charge in [0.2, 0.25) is 0 Å². The lowest BCUT2D eigenvalue weighted by Crippen LogP contribution is -2.26. The summed E-state index contributed by atoms with van der Waals surface area (Å²) in [5, 5.41) is 7.91. The fourth-order valence-corrected chi connectivity index (χ4v) is 3.65. The van der Waals surface area contributed by atoms with E-state index in [1.54, 1.807) is 5.56 Å². The van der Waals surface area contributed by atoms with Gasteiger partial charge in [0.05, 0.1) is 0 Å². The highest BCUT2D eigenvalue weighted by molar-refractivity contribution is 7.07. The van der Waals surface area contributed by atoms with Crippen molar-refractivity contribution in [2.24, 2.45) is 11.8 Å². The summed E-state index contributed by atoms with van der Waals surface area (Å²) in [6.07, 6.45) is 8.48. The molecule has 1 aliphatic rings. The Labute approximate surface area is 103 Å². The molecular weight excluding hydrogens is 214 g/mol. The second-order valence-electron chi connectivity index (χ2n) is 5.05. The predicted octanol–water partition coefficient (Wildman–Crippen LogP) is 3.71. The Hall–Kier alpha value is -0.340. The van der Waals surface area contributed by atoms with Crippen molar-refractivity contribution in [2.75, 3.05) is 13.6 Å². The van der Waals surface area contributed by atoms with Gasteiger partial charge in [-0.15, -0.1) is 0 Å². The maximum absolute atomic E-state index is 3.38. The Morgan fingerprint density at radius 2 is 2.06 bits per heavy atom. The summed E-state index contributed by atoms with van der Waals surface area (Å²) in [5.41, 5.74) is 1.55. The van der Waals surface area contributed by atoms with Gasteiger partial charge in [0, 0.05) is 0 Å². The van der Waals surface area contributed by atoms with Gasteiger partial charge in [-0.05, 0) is 67.1 Å². The van der Waals surface area contributed by atoms with Crippen LogP contribution in [0.3, 0.4) is 0 Å². The zero-order valence-electron chi connectivity index (χ0n) is 10.2. The zero-order valence-corrected chi connectivity index (χ0v) is 11.1. The maximum atomic E-state index is 3.38. The van der Waals surface area contributed by atoms with Gasteiger partial charge in [0.1, 0.15) is 0 Å². The van der Waals surface area contributed by atoms with Crippen molar-refractivity contribution in [3.63, 3.8) is 0 Å². The predicted molar refractivity (Wildman–Crippen MR) is 72.0 cm³/mol. The van der Waals surface area contributed by atoms with E-state index in [0.29, 0.717) is 0 Å². The molecule has 0 aromatic carbocycles. The van der Waals surface area contributed by atoms with E-state index in [-0.39, 0.29) is 0 Å². The minimum absolute atomic E-state index is 0.896. The molecular formula is C14H23NS. The first-order valence-corrected chi connectivity index (χ1v) is 7.50. The smallest absolute Gasteiger partial charge is 0.00208 e. The summed E-state index contributed by atoms with van der Waals surface area (Å²) in [7, 11) is 2.09. The third-order valence-corrected chi connectivity index (χ3v) is 4.59. The first kappa shape index (κ1) is 12.1. The Bertz CT molecular complexity index is 281. The van der Waals surface area contributed by atoms with Crippen LogP contribution in [0.5, 0.6) is 0 Å². The molecule has 2 rings (SSSR count). The summed E-state index contributed by atoms with van der Waals surface area (Å²) < 4.78 is 0. The highest BCUT2D eigenvalue weighted by atomic mass is 32.1. The van der Waals surface area contributed by atoms with Crippen molar-refractivity contribution in [2.45, 2.75) is 38.5 Å². The molecule has 0 aliphatic heterocycles. The topological polar surface area (TPSA) is 12.0 Å². The van der Waals surface area contributed by atoms with Crippen LogP contribution in [0.15, 0.2) is 16.8 Å². The van der Waals surface area contributed by atoms with E-state index in [1.807, 2.05) is 11.3 Å². The van der Waals surface area contributed by atoms with Crippen molar-refractivity contribution in [3.8, 4) is 0 Å². The molecule has 1 fully saturated rings. The first-order valence-electron chi connectivity index (χ1n) is 6.56. The lowest BCUT2D eigenvalue weighted by Gasteiger charge is -2.24. The van der Waals surface area contributed by atoms with E-state index in [1.165, 1.54) is 45.1 Å². The van der Waals surface area contributed by atoms with Crippen LogP contribution in [-0.4, -0.2) is 13.6 Å². The fraction of sp³-hybridized carbons (Fsp3) is 0.714. The third-order valence-electron chi connectivity index (χ3n) is 3.86. The Morgan fingerprint density at radius 1 is 1.25 bits per heavy atom. The summed E-state index contributed by atoms with van der Waals surface area (Å²) in [6, 6.07) is 2.30. The monoisotopic (exact) mass is 237 g/mol. The lowest BCUT2D eigenvalue weighted by atomic mass is 9.84. The minimum Gasteiger partial charge on any atom is -0.319 e. The van der Waals surface area contributed by atoms with E-state index < -0.39 is 0 Å². The molecule has 2 unspecified atom stereocenters. The first-order chi connectivity index (χ1) is 7.90. The highest BCUT2D eigenvalue weighted by Gasteiger charge is 2.23. The van der Waals surface area contributed by atoms with Gasteiger partial charge in [-0.1, -0.05) is 19.3 Å².